The average molecular weight is 243 g/mol. The van der Waals surface area contributed by atoms with Crippen LogP contribution in [0.2, 0.25) is 25.8 Å². The van der Waals surface area contributed by atoms with Crippen molar-refractivity contribution in [2.24, 2.45) is 17.8 Å². The van der Waals surface area contributed by atoms with Gasteiger partial charge < -0.3 is 0 Å². The van der Waals surface area contributed by atoms with E-state index in [2.05, 4.69) is 38.0 Å². The van der Waals surface area contributed by atoms with Crippen LogP contribution in [0.15, 0.2) is 24.3 Å². The molecule has 18 heavy (non-hydrogen) atoms. The molecule has 3 aliphatic rings. The Morgan fingerprint density at radius 2 is 1.67 bits per heavy atom. The van der Waals surface area contributed by atoms with E-state index in [1.807, 2.05) is 0 Å². The van der Waals surface area contributed by atoms with Gasteiger partial charge in [-0.05, 0) is 24.4 Å². The first kappa shape index (κ1) is 12.6. The maximum atomic E-state index is 2.60. The molecule has 100 valence electrons. The van der Waals surface area contributed by atoms with E-state index in [9.17, 15) is 0 Å². The molecule has 2 saturated carbocycles. The second-order valence-corrected chi connectivity index (χ2v) is 7.92. The van der Waals surface area contributed by atoms with Crippen LogP contribution in [0.25, 0.3) is 0 Å². The molecule has 3 rings (SSSR count). The number of fused-ring (bicyclic) bond motifs is 1. The molecular formula is C17H28B-. The second-order valence-electron chi connectivity index (χ2n) is 7.92. The van der Waals surface area contributed by atoms with Gasteiger partial charge in [-0.1, -0.05) is 62.3 Å². The summed E-state index contributed by atoms with van der Waals surface area (Å²) < 4.78 is 0. The highest BCUT2D eigenvalue weighted by molar-refractivity contribution is 6.78. The summed E-state index contributed by atoms with van der Waals surface area (Å²) >= 11 is 0. The van der Waals surface area contributed by atoms with Crippen molar-refractivity contribution in [1.29, 1.82) is 0 Å². The molecule has 0 saturated heterocycles. The molecule has 0 aromatic carbocycles. The van der Waals surface area contributed by atoms with Gasteiger partial charge >= 0.3 is 0 Å². The van der Waals surface area contributed by atoms with Crippen LogP contribution in [0.1, 0.15) is 38.5 Å². The smallest absolute Gasteiger partial charge is 0.00196 e. The van der Waals surface area contributed by atoms with Crippen LogP contribution >= 0.6 is 0 Å². The summed E-state index contributed by atoms with van der Waals surface area (Å²) in [5.74, 6) is 3.78. The number of rotatable bonds is 3. The standard InChI is InChI=1S/C17H28B/c1-18(2,16-8-4-5-9-16)13-15-12-11-14-7-3-6-10-17(14)15/h3,6-7,10,14-17H,4-5,8-9,11-13H2,1-2H3/q-1. The lowest BCUT2D eigenvalue weighted by molar-refractivity contribution is 0.444. The van der Waals surface area contributed by atoms with E-state index in [0.717, 1.165) is 23.6 Å². The predicted octanol–water partition coefficient (Wildman–Crippen LogP) is 5.41. The molecular weight excluding hydrogens is 215 g/mol. The van der Waals surface area contributed by atoms with Crippen LogP contribution in [-0.4, -0.2) is 6.15 Å². The van der Waals surface area contributed by atoms with E-state index in [4.69, 9.17) is 0 Å². The molecule has 0 aliphatic heterocycles. The number of hydrogen-bond donors (Lipinski definition) is 0. The zero-order valence-corrected chi connectivity index (χ0v) is 12.1. The summed E-state index contributed by atoms with van der Waals surface area (Å²) in [6, 6.07) is 0. The van der Waals surface area contributed by atoms with Crippen LogP contribution < -0.4 is 0 Å². The van der Waals surface area contributed by atoms with Gasteiger partial charge in [-0.3, -0.25) is 0 Å². The second kappa shape index (κ2) is 4.91. The lowest BCUT2D eigenvalue weighted by atomic mass is 9.19. The van der Waals surface area contributed by atoms with Gasteiger partial charge in [0.25, 0.3) is 0 Å². The number of hydrogen-bond acceptors (Lipinski definition) is 0. The molecule has 0 N–H and O–H groups in total. The van der Waals surface area contributed by atoms with Gasteiger partial charge in [-0.2, -0.15) is 25.8 Å². The van der Waals surface area contributed by atoms with Gasteiger partial charge in [0.2, 0.25) is 0 Å². The summed E-state index contributed by atoms with van der Waals surface area (Å²) in [4.78, 5) is 0. The molecule has 0 heterocycles. The van der Waals surface area contributed by atoms with E-state index in [1.165, 1.54) is 44.8 Å². The molecule has 3 unspecified atom stereocenters. The normalized spacial score (nSPS) is 36.2. The minimum Gasteiger partial charge on any atom is -0.190 e. The van der Waals surface area contributed by atoms with Crippen LogP contribution in [0.5, 0.6) is 0 Å². The predicted molar refractivity (Wildman–Crippen MR) is 82.5 cm³/mol. The molecule has 3 aliphatic carbocycles. The van der Waals surface area contributed by atoms with Crippen LogP contribution in [-0.2, 0) is 0 Å². The summed E-state index contributed by atoms with van der Waals surface area (Å²) in [5, 5.41) is 0. The average Bonchev–Trinajstić information content (AvgIpc) is 2.99. The highest BCUT2D eigenvalue weighted by atomic mass is 14.4. The largest absolute Gasteiger partial charge is 0.190 e. The molecule has 0 aromatic heterocycles. The summed E-state index contributed by atoms with van der Waals surface area (Å²) in [6.07, 6.45) is 19.8. The molecule has 2 fully saturated rings. The summed E-state index contributed by atoms with van der Waals surface area (Å²) in [5.41, 5.74) is 0. The third kappa shape index (κ3) is 2.33. The van der Waals surface area contributed by atoms with Crippen molar-refractivity contribution >= 4 is 6.15 Å². The molecule has 0 bridgehead atoms. The fourth-order valence-electron chi connectivity index (χ4n) is 5.17. The van der Waals surface area contributed by atoms with E-state index in [-0.39, 0.29) is 6.15 Å². The van der Waals surface area contributed by atoms with Gasteiger partial charge in [0.1, 0.15) is 0 Å². The molecule has 1 heteroatoms. The Morgan fingerprint density at radius 1 is 0.944 bits per heavy atom. The Balaban J connectivity index is 1.65. The summed E-state index contributed by atoms with van der Waals surface area (Å²) in [7, 11) is 0. The Morgan fingerprint density at radius 3 is 2.44 bits per heavy atom. The number of allylic oxidation sites excluding steroid dienone is 4. The third-order valence-corrected chi connectivity index (χ3v) is 6.30. The molecule has 0 nitrogen and oxygen atoms in total. The summed E-state index contributed by atoms with van der Waals surface area (Å²) in [6.45, 7) is 5.21. The Bertz CT molecular complexity index is 347. The Hall–Kier alpha value is -0.455. The van der Waals surface area contributed by atoms with Crippen molar-refractivity contribution in [3.05, 3.63) is 24.3 Å². The van der Waals surface area contributed by atoms with Gasteiger partial charge in [0.15, 0.2) is 0 Å². The topological polar surface area (TPSA) is 0 Å². The quantitative estimate of drug-likeness (QED) is 0.581. The molecule has 0 radical (unpaired) electrons. The Kier molecular flexibility index (Phi) is 3.43. The van der Waals surface area contributed by atoms with Gasteiger partial charge in [0, 0.05) is 0 Å². The minimum atomic E-state index is -0.120. The van der Waals surface area contributed by atoms with Crippen molar-refractivity contribution in [3.63, 3.8) is 0 Å². The lowest BCUT2D eigenvalue weighted by Gasteiger charge is -2.41. The zero-order valence-electron chi connectivity index (χ0n) is 12.1. The maximum Gasteiger partial charge on any atom is -0.00196 e. The fraction of sp³-hybridized carbons (Fsp3) is 0.765. The van der Waals surface area contributed by atoms with Gasteiger partial charge in [0.05, 0.1) is 0 Å². The zero-order chi connectivity index (χ0) is 12.6. The fourth-order valence-corrected chi connectivity index (χ4v) is 5.17. The van der Waals surface area contributed by atoms with Crippen molar-refractivity contribution in [1.82, 2.24) is 0 Å². The lowest BCUT2D eigenvalue weighted by Crippen LogP contribution is -2.34. The first-order chi connectivity index (χ1) is 8.67. The first-order valence-corrected chi connectivity index (χ1v) is 8.27. The SMILES string of the molecule is C[B-](C)(CC1CCC2C=CC=CC21)C1CCCC1. The highest BCUT2D eigenvalue weighted by Gasteiger charge is 2.36. The van der Waals surface area contributed by atoms with E-state index in [1.54, 1.807) is 0 Å². The molecule has 3 atom stereocenters. The maximum absolute atomic E-state index is 2.60. The van der Waals surface area contributed by atoms with Crippen LogP contribution in [0, 0.1) is 17.8 Å². The van der Waals surface area contributed by atoms with E-state index < -0.39 is 0 Å². The van der Waals surface area contributed by atoms with E-state index in [0.29, 0.717) is 0 Å². The van der Waals surface area contributed by atoms with Crippen LogP contribution in [0.4, 0.5) is 0 Å². The van der Waals surface area contributed by atoms with Crippen molar-refractivity contribution in [2.75, 3.05) is 0 Å². The minimum absolute atomic E-state index is 0.120. The Labute approximate surface area is 113 Å². The van der Waals surface area contributed by atoms with Crippen LogP contribution in [0.3, 0.4) is 0 Å². The van der Waals surface area contributed by atoms with Crippen molar-refractivity contribution < 1.29 is 0 Å². The van der Waals surface area contributed by atoms with Gasteiger partial charge in [-0.15, -0.1) is 0 Å². The molecule has 0 amide bonds. The van der Waals surface area contributed by atoms with E-state index >= 15 is 0 Å². The first-order valence-electron chi connectivity index (χ1n) is 8.27. The van der Waals surface area contributed by atoms with Crippen molar-refractivity contribution in [2.45, 2.75) is 64.3 Å². The van der Waals surface area contributed by atoms with Crippen molar-refractivity contribution in [3.8, 4) is 0 Å². The van der Waals surface area contributed by atoms with Gasteiger partial charge in [-0.25, -0.2) is 0 Å². The third-order valence-electron chi connectivity index (χ3n) is 6.30. The highest BCUT2D eigenvalue weighted by Crippen LogP contribution is 2.48. The molecule has 0 spiro atoms. The monoisotopic (exact) mass is 243 g/mol. The molecule has 0 aromatic rings.